The van der Waals surface area contributed by atoms with E-state index in [1.165, 1.54) is 5.57 Å². The van der Waals surface area contributed by atoms with Gasteiger partial charge in [-0.3, -0.25) is 0 Å². The monoisotopic (exact) mass is 228 g/mol. The van der Waals surface area contributed by atoms with Crippen molar-refractivity contribution in [3.63, 3.8) is 0 Å². The smallest absolute Gasteiger partial charge is 0.130 e. The molecule has 0 saturated heterocycles. The van der Waals surface area contributed by atoms with Crippen LogP contribution in [-0.2, 0) is 4.74 Å². The summed E-state index contributed by atoms with van der Waals surface area (Å²) in [6.07, 6.45) is 13.8. The first-order valence-electron chi connectivity index (χ1n) is 6.07. The molecular weight excluding hydrogens is 208 g/mol. The summed E-state index contributed by atoms with van der Waals surface area (Å²) >= 11 is 0. The van der Waals surface area contributed by atoms with Crippen LogP contribution in [0.3, 0.4) is 0 Å². The average Bonchev–Trinajstić information content (AvgIpc) is 2.63. The van der Waals surface area contributed by atoms with Crippen LogP contribution < -0.4 is 0 Å². The molecule has 1 heteroatoms. The highest BCUT2D eigenvalue weighted by atomic mass is 16.5. The molecule has 1 aliphatic carbocycles. The number of rotatable bonds is 2. The van der Waals surface area contributed by atoms with Gasteiger partial charge in [-0.1, -0.05) is 51.3 Å². The number of hydrogen-bond donors (Lipinski definition) is 0. The summed E-state index contributed by atoms with van der Waals surface area (Å²) in [7, 11) is 0. The van der Waals surface area contributed by atoms with Crippen LogP contribution in [0.1, 0.15) is 26.7 Å². The van der Waals surface area contributed by atoms with Gasteiger partial charge in [0.2, 0.25) is 0 Å². The van der Waals surface area contributed by atoms with Crippen LogP contribution in [0.5, 0.6) is 0 Å². The highest BCUT2D eigenvalue weighted by molar-refractivity contribution is 5.44. The lowest BCUT2D eigenvalue weighted by Gasteiger charge is -2.19. The Kier molecular flexibility index (Phi) is 5.28. The Bertz CT molecular complexity index is 379. The van der Waals surface area contributed by atoms with Crippen molar-refractivity contribution < 1.29 is 4.74 Å². The quantitative estimate of drug-likeness (QED) is 0.657. The van der Waals surface area contributed by atoms with E-state index in [4.69, 9.17) is 4.74 Å². The van der Waals surface area contributed by atoms with Crippen molar-refractivity contribution in [2.75, 3.05) is 0 Å². The minimum absolute atomic E-state index is 0.823. The first-order valence-corrected chi connectivity index (χ1v) is 6.07. The molecule has 0 fully saturated rings. The molecule has 1 aliphatic heterocycles. The maximum absolute atomic E-state index is 5.75. The summed E-state index contributed by atoms with van der Waals surface area (Å²) in [5.74, 6) is 1.76. The molecule has 1 nitrogen and oxygen atoms in total. The molecule has 0 spiro atoms. The molecule has 0 unspecified atom stereocenters. The van der Waals surface area contributed by atoms with Gasteiger partial charge in [0.1, 0.15) is 11.5 Å². The predicted octanol–water partition coefficient (Wildman–Crippen LogP) is 4.83. The Morgan fingerprint density at radius 2 is 1.82 bits per heavy atom. The van der Waals surface area contributed by atoms with Gasteiger partial charge in [0.25, 0.3) is 0 Å². The zero-order valence-electron chi connectivity index (χ0n) is 10.7. The van der Waals surface area contributed by atoms with Gasteiger partial charge in [0.05, 0.1) is 0 Å². The highest BCUT2D eigenvalue weighted by Gasteiger charge is 2.16. The topological polar surface area (TPSA) is 9.23 Å². The number of hydrogen-bond acceptors (Lipinski definition) is 1. The van der Waals surface area contributed by atoms with E-state index < -0.39 is 0 Å². The van der Waals surface area contributed by atoms with E-state index in [2.05, 4.69) is 31.4 Å². The van der Waals surface area contributed by atoms with Gasteiger partial charge in [-0.15, -0.1) is 0 Å². The minimum Gasteiger partial charge on any atom is -0.457 e. The summed E-state index contributed by atoms with van der Waals surface area (Å²) in [6, 6.07) is 0. The summed E-state index contributed by atoms with van der Waals surface area (Å²) < 4.78 is 5.75. The van der Waals surface area contributed by atoms with Crippen molar-refractivity contribution in [2.45, 2.75) is 26.7 Å². The van der Waals surface area contributed by atoms with E-state index in [1.54, 1.807) is 6.08 Å². The van der Waals surface area contributed by atoms with Gasteiger partial charge in [-0.2, -0.15) is 0 Å². The van der Waals surface area contributed by atoms with E-state index in [1.807, 2.05) is 26.0 Å². The molecule has 0 atom stereocenters. The maximum atomic E-state index is 5.75. The van der Waals surface area contributed by atoms with Crippen LogP contribution in [0, 0.1) is 0 Å². The molecule has 0 aromatic rings. The van der Waals surface area contributed by atoms with Crippen molar-refractivity contribution in [3.8, 4) is 0 Å². The predicted molar refractivity (Wildman–Crippen MR) is 74.4 cm³/mol. The minimum atomic E-state index is 0.823. The third kappa shape index (κ3) is 3.10. The molecule has 0 radical (unpaired) electrons. The lowest BCUT2D eigenvalue weighted by atomic mass is 10.00. The molecule has 0 N–H and O–H groups in total. The zero-order chi connectivity index (χ0) is 12.7. The fourth-order valence-electron chi connectivity index (χ4n) is 1.72. The summed E-state index contributed by atoms with van der Waals surface area (Å²) in [5, 5.41) is 0. The van der Waals surface area contributed by atoms with Gasteiger partial charge < -0.3 is 4.74 Å². The van der Waals surface area contributed by atoms with E-state index in [0.717, 1.165) is 29.9 Å². The van der Waals surface area contributed by atoms with Crippen LogP contribution in [0.4, 0.5) is 0 Å². The first-order chi connectivity index (χ1) is 8.35. The Labute approximate surface area is 104 Å². The molecule has 0 saturated carbocycles. The Morgan fingerprint density at radius 3 is 2.47 bits per heavy atom. The SMILES string of the molecule is C=CC1=C(C=C)OC2=C(C=CCC=C2)C1.CC. The molecule has 0 bridgehead atoms. The van der Waals surface area contributed by atoms with Gasteiger partial charge in [0, 0.05) is 6.42 Å². The lowest BCUT2D eigenvalue weighted by Crippen LogP contribution is -2.03. The molecule has 17 heavy (non-hydrogen) atoms. The first kappa shape index (κ1) is 13.3. The molecule has 90 valence electrons. The van der Waals surface area contributed by atoms with Crippen molar-refractivity contribution in [1.82, 2.24) is 0 Å². The van der Waals surface area contributed by atoms with E-state index in [-0.39, 0.29) is 0 Å². The van der Waals surface area contributed by atoms with Crippen LogP contribution >= 0.6 is 0 Å². The zero-order valence-corrected chi connectivity index (χ0v) is 10.7. The molecule has 0 aromatic heterocycles. The highest BCUT2D eigenvalue weighted by Crippen LogP contribution is 2.31. The molecule has 2 aliphatic rings. The molecule has 2 rings (SSSR count). The van der Waals surface area contributed by atoms with Crippen LogP contribution in [-0.4, -0.2) is 0 Å². The van der Waals surface area contributed by atoms with Gasteiger partial charge in [-0.05, 0) is 29.7 Å². The third-order valence-corrected chi connectivity index (χ3v) is 2.53. The van der Waals surface area contributed by atoms with Gasteiger partial charge in [0.15, 0.2) is 0 Å². The second-order valence-corrected chi connectivity index (χ2v) is 3.51. The van der Waals surface area contributed by atoms with Crippen LogP contribution in [0.2, 0.25) is 0 Å². The fourth-order valence-corrected chi connectivity index (χ4v) is 1.72. The molecule has 0 aromatic carbocycles. The second kappa shape index (κ2) is 6.74. The standard InChI is InChI=1S/C14H14O.C2H6/c1-3-11-10-12-8-6-5-7-9-14(12)15-13(11)4-2;1-2/h3-4,6-9H,1-2,5,10H2;1-2H3. The summed E-state index contributed by atoms with van der Waals surface area (Å²) in [5.41, 5.74) is 2.31. The maximum Gasteiger partial charge on any atom is 0.130 e. The number of ether oxygens (including phenoxy) is 1. The lowest BCUT2D eigenvalue weighted by molar-refractivity contribution is 0.319. The van der Waals surface area contributed by atoms with Crippen LogP contribution in [0.25, 0.3) is 0 Å². The van der Waals surface area contributed by atoms with Gasteiger partial charge in [-0.25, -0.2) is 0 Å². The van der Waals surface area contributed by atoms with Crippen molar-refractivity contribution in [1.29, 1.82) is 0 Å². The largest absolute Gasteiger partial charge is 0.457 e. The van der Waals surface area contributed by atoms with Gasteiger partial charge >= 0.3 is 0 Å². The Balaban J connectivity index is 0.000000686. The average molecular weight is 228 g/mol. The summed E-state index contributed by atoms with van der Waals surface area (Å²) in [6.45, 7) is 11.5. The Morgan fingerprint density at radius 1 is 1.12 bits per heavy atom. The molecule has 1 heterocycles. The van der Waals surface area contributed by atoms with Crippen LogP contribution in [0.15, 0.2) is 72.3 Å². The van der Waals surface area contributed by atoms with Crippen molar-refractivity contribution in [3.05, 3.63) is 72.3 Å². The van der Waals surface area contributed by atoms with E-state index in [0.29, 0.717) is 0 Å². The Hall–Kier alpha value is -1.76. The van der Waals surface area contributed by atoms with Crippen molar-refractivity contribution >= 4 is 0 Å². The fraction of sp³-hybridized carbons (Fsp3) is 0.250. The normalized spacial score (nSPS) is 17.5. The summed E-state index contributed by atoms with van der Waals surface area (Å²) in [4.78, 5) is 0. The second-order valence-electron chi connectivity index (χ2n) is 3.51. The molecular formula is C16H20O. The number of allylic oxidation sites excluding steroid dienone is 8. The van der Waals surface area contributed by atoms with E-state index in [9.17, 15) is 0 Å². The van der Waals surface area contributed by atoms with E-state index >= 15 is 0 Å². The molecule has 0 amide bonds. The third-order valence-electron chi connectivity index (χ3n) is 2.53. The van der Waals surface area contributed by atoms with Crippen molar-refractivity contribution in [2.24, 2.45) is 0 Å².